The van der Waals surface area contributed by atoms with Gasteiger partial charge in [-0.25, -0.2) is 18.6 Å². The number of nitrogens with zero attached hydrogens (tertiary/aromatic N) is 2. The van der Waals surface area contributed by atoms with Crippen LogP contribution in [0.1, 0.15) is 11.3 Å². The third-order valence-electron chi connectivity index (χ3n) is 3.43. The molecule has 1 aromatic carbocycles. The van der Waals surface area contributed by atoms with Crippen LogP contribution in [0.3, 0.4) is 0 Å². The van der Waals surface area contributed by atoms with Crippen molar-refractivity contribution in [2.75, 3.05) is 0 Å². The molecule has 2 aromatic heterocycles. The fourth-order valence-corrected chi connectivity index (χ4v) is 2.21. The number of furan rings is 1. The number of amides is 2. The Kier molecular flexibility index (Phi) is 4.98. The first-order chi connectivity index (χ1) is 12.1. The molecule has 25 heavy (non-hydrogen) atoms. The fraction of sp³-hybridized carbons (Fsp3) is 0.118. The van der Waals surface area contributed by atoms with Gasteiger partial charge in [0.05, 0.1) is 25.0 Å². The van der Waals surface area contributed by atoms with Crippen LogP contribution in [-0.4, -0.2) is 16.0 Å². The molecule has 0 saturated heterocycles. The van der Waals surface area contributed by atoms with Crippen molar-refractivity contribution < 1.29 is 18.0 Å². The molecule has 2 heterocycles. The molecule has 0 saturated carbocycles. The molecule has 0 radical (unpaired) electrons. The Bertz CT molecular complexity index is 849. The maximum Gasteiger partial charge on any atom is 0.315 e. The second-order valence-electron chi connectivity index (χ2n) is 5.07. The zero-order chi connectivity index (χ0) is 17.6. The summed E-state index contributed by atoms with van der Waals surface area (Å²) in [5, 5.41) is 4.97. The summed E-state index contributed by atoms with van der Waals surface area (Å²) in [6, 6.07) is 6.39. The van der Waals surface area contributed by atoms with Crippen LogP contribution in [0.5, 0.6) is 0 Å². The number of urea groups is 1. The highest BCUT2D eigenvalue weighted by Crippen LogP contribution is 2.19. The molecular formula is C17H14F2N4O2. The van der Waals surface area contributed by atoms with Crippen LogP contribution in [0.25, 0.3) is 11.5 Å². The van der Waals surface area contributed by atoms with E-state index in [4.69, 9.17) is 4.42 Å². The molecule has 0 atom stereocenters. The minimum atomic E-state index is -0.714. The molecular weight excluding hydrogens is 330 g/mol. The predicted octanol–water partition coefficient (Wildman–Crippen LogP) is 3.01. The largest absolute Gasteiger partial charge is 0.463 e. The topological polar surface area (TPSA) is 80.1 Å². The molecule has 8 heteroatoms. The predicted molar refractivity (Wildman–Crippen MR) is 85.2 cm³/mol. The molecule has 0 unspecified atom stereocenters. The van der Waals surface area contributed by atoms with Gasteiger partial charge in [-0.1, -0.05) is 6.07 Å². The summed E-state index contributed by atoms with van der Waals surface area (Å²) in [6.07, 6.45) is 4.52. The second kappa shape index (κ2) is 7.52. The maximum atomic E-state index is 13.5. The lowest BCUT2D eigenvalue weighted by Crippen LogP contribution is -2.35. The molecule has 128 valence electrons. The van der Waals surface area contributed by atoms with E-state index < -0.39 is 17.7 Å². The van der Waals surface area contributed by atoms with Crippen molar-refractivity contribution in [3.63, 3.8) is 0 Å². The summed E-state index contributed by atoms with van der Waals surface area (Å²) in [7, 11) is 0. The van der Waals surface area contributed by atoms with Gasteiger partial charge >= 0.3 is 6.03 Å². The van der Waals surface area contributed by atoms with Gasteiger partial charge in [0.1, 0.15) is 17.3 Å². The second-order valence-corrected chi connectivity index (χ2v) is 5.07. The first kappa shape index (κ1) is 16.6. The number of halogens is 2. The number of hydrogen-bond acceptors (Lipinski definition) is 4. The molecule has 3 rings (SSSR count). The fourth-order valence-electron chi connectivity index (χ4n) is 2.21. The van der Waals surface area contributed by atoms with Crippen LogP contribution < -0.4 is 10.6 Å². The van der Waals surface area contributed by atoms with E-state index >= 15 is 0 Å². The summed E-state index contributed by atoms with van der Waals surface area (Å²) in [5.74, 6) is -0.901. The standard InChI is InChI=1S/C17H14F2N4O2/c18-12-3-1-4-13(19)11(12)9-22-17(24)23-10-14-16(21-7-6-20-14)15-5-2-8-25-15/h1-8H,9-10H2,(H2,22,23,24). The van der Waals surface area contributed by atoms with Crippen LogP contribution in [0.15, 0.2) is 53.4 Å². The lowest BCUT2D eigenvalue weighted by molar-refractivity contribution is 0.239. The van der Waals surface area contributed by atoms with Crippen molar-refractivity contribution in [3.05, 3.63) is 71.9 Å². The number of carbonyl (C=O) groups is 1. The number of nitrogens with one attached hydrogen (secondary N) is 2. The molecule has 6 nitrogen and oxygen atoms in total. The van der Waals surface area contributed by atoms with Gasteiger partial charge in [-0.3, -0.25) is 4.98 Å². The number of hydrogen-bond donors (Lipinski definition) is 2. The number of aromatic nitrogens is 2. The van der Waals surface area contributed by atoms with E-state index in [2.05, 4.69) is 20.6 Å². The van der Waals surface area contributed by atoms with E-state index in [1.54, 1.807) is 12.1 Å². The van der Waals surface area contributed by atoms with Gasteiger partial charge in [0.15, 0.2) is 5.76 Å². The third kappa shape index (κ3) is 3.97. The van der Waals surface area contributed by atoms with E-state index in [1.807, 2.05) is 0 Å². The Morgan fingerprint density at radius 2 is 1.72 bits per heavy atom. The number of benzene rings is 1. The van der Waals surface area contributed by atoms with Crippen LogP contribution in [0, 0.1) is 11.6 Å². The maximum absolute atomic E-state index is 13.5. The average molecular weight is 344 g/mol. The Labute approximate surface area is 141 Å². The van der Waals surface area contributed by atoms with Crippen molar-refractivity contribution >= 4 is 6.03 Å². The first-order valence-corrected chi connectivity index (χ1v) is 7.43. The summed E-state index contributed by atoms with van der Waals surface area (Å²) in [6.45, 7) is -0.189. The Morgan fingerprint density at radius 1 is 1.00 bits per heavy atom. The zero-order valence-electron chi connectivity index (χ0n) is 13.0. The molecule has 3 aromatic rings. The van der Waals surface area contributed by atoms with Gasteiger partial charge in [-0.15, -0.1) is 0 Å². The lowest BCUT2D eigenvalue weighted by Gasteiger charge is -2.10. The normalized spacial score (nSPS) is 10.5. The Hall–Kier alpha value is -3.29. The van der Waals surface area contributed by atoms with E-state index in [1.165, 1.54) is 24.7 Å². The molecule has 0 aliphatic carbocycles. The Morgan fingerprint density at radius 3 is 2.44 bits per heavy atom. The third-order valence-corrected chi connectivity index (χ3v) is 3.43. The smallest absolute Gasteiger partial charge is 0.315 e. The van der Waals surface area contributed by atoms with E-state index in [-0.39, 0.29) is 18.7 Å². The SMILES string of the molecule is O=C(NCc1nccnc1-c1ccco1)NCc1c(F)cccc1F. The number of carbonyl (C=O) groups excluding carboxylic acids is 1. The van der Waals surface area contributed by atoms with E-state index in [9.17, 15) is 13.6 Å². The molecule has 2 amide bonds. The zero-order valence-corrected chi connectivity index (χ0v) is 13.0. The van der Waals surface area contributed by atoms with E-state index in [0.29, 0.717) is 17.1 Å². The summed E-state index contributed by atoms with van der Waals surface area (Å²) >= 11 is 0. The van der Waals surface area contributed by atoms with Crippen molar-refractivity contribution in [2.45, 2.75) is 13.1 Å². The number of rotatable bonds is 5. The van der Waals surface area contributed by atoms with Crippen molar-refractivity contribution in [3.8, 4) is 11.5 Å². The molecule has 0 aliphatic heterocycles. The summed E-state index contributed by atoms with van der Waals surface area (Å²) in [4.78, 5) is 20.2. The Balaban J connectivity index is 1.60. The van der Waals surface area contributed by atoms with Crippen molar-refractivity contribution in [2.24, 2.45) is 0 Å². The van der Waals surface area contributed by atoms with Gasteiger partial charge in [0, 0.05) is 18.0 Å². The van der Waals surface area contributed by atoms with Crippen molar-refractivity contribution in [1.82, 2.24) is 20.6 Å². The minimum absolute atomic E-state index is 0.0788. The van der Waals surface area contributed by atoms with Gasteiger partial charge in [-0.2, -0.15) is 0 Å². The van der Waals surface area contributed by atoms with Crippen LogP contribution in [-0.2, 0) is 13.1 Å². The van der Waals surface area contributed by atoms with E-state index in [0.717, 1.165) is 12.1 Å². The van der Waals surface area contributed by atoms with Gasteiger partial charge in [0.25, 0.3) is 0 Å². The molecule has 0 fully saturated rings. The van der Waals surface area contributed by atoms with Crippen LogP contribution in [0.2, 0.25) is 0 Å². The van der Waals surface area contributed by atoms with Crippen molar-refractivity contribution in [1.29, 1.82) is 0 Å². The van der Waals surface area contributed by atoms with Crippen LogP contribution in [0.4, 0.5) is 13.6 Å². The highest BCUT2D eigenvalue weighted by Gasteiger charge is 2.13. The summed E-state index contributed by atoms with van der Waals surface area (Å²) in [5.41, 5.74) is 0.811. The molecule has 0 spiro atoms. The highest BCUT2D eigenvalue weighted by atomic mass is 19.1. The average Bonchev–Trinajstić information content (AvgIpc) is 3.14. The van der Waals surface area contributed by atoms with Gasteiger partial charge < -0.3 is 15.1 Å². The molecule has 2 N–H and O–H groups in total. The molecule has 0 bridgehead atoms. The summed E-state index contributed by atoms with van der Waals surface area (Å²) < 4.78 is 32.3. The first-order valence-electron chi connectivity index (χ1n) is 7.43. The molecule has 0 aliphatic rings. The quantitative estimate of drug-likeness (QED) is 0.746. The van der Waals surface area contributed by atoms with Crippen LogP contribution >= 0.6 is 0 Å². The minimum Gasteiger partial charge on any atom is -0.463 e. The van der Waals surface area contributed by atoms with Gasteiger partial charge in [-0.05, 0) is 24.3 Å². The lowest BCUT2D eigenvalue weighted by atomic mass is 10.2. The highest BCUT2D eigenvalue weighted by molar-refractivity contribution is 5.74. The monoisotopic (exact) mass is 344 g/mol. The van der Waals surface area contributed by atoms with Gasteiger partial charge in [0.2, 0.25) is 0 Å².